The van der Waals surface area contributed by atoms with Crippen LogP contribution in [0.3, 0.4) is 0 Å². The number of nitrogens with zero attached hydrogens (tertiary/aromatic N) is 1. The predicted octanol–water partition coefficient (Wildman–Crippen LogP) is 3.22. The quantitative estimate of drug-likeness (QED) is 0.751. The van der Waals surface area contributed by atoms with E-state index in [4.69, 9.17) is 9.47 Å². The lowest BCUT2D eigenvalue weighted by Gasteiger charge is -2.10. The third kappa shape index (κ3) is 3.71. The first-order valence-corrected chi connectivity index (χ1v) is 8.06. The fraction of sp³-hybridized carbons (Fsp3) is 0.200. The topological polar surface area (TPSA) is 60.5 Å². The number of aromatic nitrogens is 1. The predicted molar refractivity (Wildman–Crippen MR) is 97.3 cm³/mol. The second kappa shape index (κ2) is 7.66. The van der Waals surface area contributed by atoms with Crippen LogP contribution in [0.2, 0.25) is 0 Å². The van der Waals surface area contributed by atoms with Gasteiger partial charge in [-0.25, -0.2) is 0 Å². The molecule has 0 radical (unpaired) electrons. The molecule has 3 rings (SSSR count). The zero-order valence-corrected chi connectivity index (χ0v) is 14.3. The van der Waals surface area contributed by atoms with Crippen molar-refractivity contribution >= 4 is 16.8 Å². The van der Waals surface area contributed by atoms with E-state index >= 15 is 0 Å². The number of hydrogen-bond acceptors (Lipinski definition) is 4. The second-order valence-electron chi connectivity index (χ2n) is 5.57. The van der Waals surface area contributed by atoms with E-state index in [1.807, 2.05) is 42.5 Å². The van der Waals surface area contributed by atoms with E-state index in [0.717, 1.165) is 16.5 Å². The maximum atomic E-state index is 12.5. The number of methoxy groups -OCH3 is 2. The minimum Gasteiger partial charge on any atom is -0.493 e. The van der Waals surface area contributed by atoms with E-state index in [2.05, 4.69) is 10.3 Å². The lowest BCUT2D eigenvalue weighted by atomic mass is 10.1. The van der Waals surface area contributed by atoms with Crippen molar-refractivity contribution in [2.45, 2.75) is 6.42 Å². The van der Waals surface area contributed by atoms with Crippen molar-refractivity contribution in [2.24, 2.45) is 0 Å². The molecule has 0 saturated carbocycles. The number of pyridine rings is 1. The smallest absolute Gasteiger partial charge is 0.252 e. The van der Waals surface area contributed by atoms with Gasteiger partial charge in [0.25, 0.3) is 5.91 Å². The van der Waals surface area contributed by atoms with Gasteiger partial charge in [-0.3, -0.25) is 9.78 Å². The average Bonchev–Trinajstić information content (AvgIpc) is 2.67. The molecule has 1 aromatic heterocycles. The molecule has 2 aromatic carbocycles. The molecule has 0 aliphatic carbocycles. The van der Waals surface area contributed by atoms with Gasteiger partial charge in [0.05, 0.1) is 25.3 Å². The highest BCUT2D eigenvalue weighted by Crippen LogP contribution is 2.27. The molecule has 128 valence electrons. The SMILES string of the molecule is COc1ccc(CCNC(=O)c2ccnc3ccccc23)cc1OC. The van der Waals surface area contributed by atoms with Crippen LogP contribution in [-0.2, 0) is 6.42 Å². The number of carbonyl (C=O) groups excluding carboxylic acids is 1. The molecule has 1 heterocycles. The maximum absolute atomic E-state index is 12.5. The largest absolute Gasteiger partial charge is 0.493 e. The lowest BCUT2D eigenvalue weighted by Crippen LogP contribution is -2.26. The van der Waals surface area contributed by atoms with Gasteiger partial charge in [0.2, 0.25) is 0 Å². The first kappa shape index (κ1) is 16.8. The molecular weight excluding hydrogens is 316 g/mol. The van der Waals surface area contributed by atoms with Crippen LogP contribution in [0.4, 0.5) is 0 Å². The standard InChI is InChI=1S/C20H20N2O3/c1-24-18-8-7-14(13-19(18)25-2)9-11-22-20(23)16-10-12-21-17-6-4-3-5-15(16)17/h3-8,10,12-13H,9,11H2,1-2H3,(H,22,23). The number of ether oxygens (including phenoxy) is 2. The summed E-state index contributed by atoms with van der Waals surface area (Å²) in [6.45, 7) is 0.533. The molecule has 0 bridgehead atoms. The normalized spacial score (nSPS) is 10.5. The van der Waals surface area contributed by atoms with Gasteiger partial charge in [-0.15, -0.1) is 0 Å². The highest BCUT2D eigenvalue weighted by atomic mass is 16.5. The van der Waals surface area contributed by atoms with E-state index in [9.17, 15) is 4.79 Å². The van der Waals surface area contributed by atoms with E-state index in [0.29, 0.717) is 30.0 Å². The molecule has 0 fully saturated rings. The van der Waals surface area contributed by atoms with Crippen LogP contribution >= 0.6 is 0 Å². The van der Waals surface area contributed by atoms with Gasteiger partial charge in [0, 0.05) is 18.1 Å². The lowest BCUT2D eigenvalue weighted by molar-refractivity contribution is 0.0955. The van der Waals surface area contributed by atoms with Gasteiger partial charge in [0.15, 0.2) is 11.5 Å². The maximum Gasteiger partial charge on any atom is 0.252 e. The summed E-state index contributed by atoms with van der Waals surface area (Å²) in [7, 11) is 3.22. The average molecular weight is 336 g/mol. The number of fused-ring (bicyclic) bond motifs is 1. The van der Waals surface area contributed by atoms with Crippen LogP contribution < -0.4 is 14.8 Å². The Morgan fingerprint density at radius 3 is 2.64 bits per heavy atom. The molecule has 1 amide bonds. The Labute approximate surface area is 146 Å². The third-order valence-corrected chi connectivity index (χ3v) is 4.04. The summed E-state index contributed by atoms with van der Waals surface area (Å²) in [5.74, 6) is 1.28. The number of rotatable bonds is 6. The van der Waals surface area contributed by atoms with Crippen LogP contribution in [-0.4, -0.2) is 31.7 Å². The van der Waals surface area contributed by atoms with Crippen molar-refractivity contribution in [3.63, 3.8) is 0 Å². The number of hydrogen-bond donors (Lipinski definition) is 1. The Bertz CT molecular complexity index is 888. The zero-order chi connectivity index (χ0) is 17.6. The molecule has 25 heavy (non-hydrogen) atoms. The van der Waals surface area contributed by atoms with E-state index < -0.39 is 0 Å². The van der Waals surface area contributed by atoms with Gasteiger partial charge in [0.1, 0.15) is 0 Å². The van der Waals surface area contributed by atoms with Crippen molar-refractivity contribution in [2.75, 3.05) is 20.8 Å². The van der Waals surface area contributed by atoms with Crippen molar-refractivity contribution in [3.05, 3.63) is 65.9 Å². The highest BCUT2D eigenvalue weighted by molar-refractivity contribution is 6.05. The summed E-state index contributed by atoms with van der Waals surface area (Å²) in [4.78, 5) is 16.8. The van der Waals surface area contributed by atoms with Crippen LogP contribution in [0.25, 0.3) is 10.9 Å². The molecular formula is C20H20N2O3. The molecule has 1 N–H and O–H groups in total. The Balaban J connectivity index is 1.66. The van der Waals surface area contributed by atoms with Crippen molar-refractivity contribution in [1.82, 2.24) is 10.3 Å². The van der Waals surface area contributed by atoms with Crippen molar-refractivity contribution in [1.29, 1.82) is 0 Å². The molecule has 0 aliphatic heterocycles. The van der Waals surface area contributed by atoms with Gasteiger partial charge in [-0.05, 0) is 36.2 Å². The monoisotopic (exact) mass is 336 g/mol. The Morgan fingerprint density at radius 2 is 1.84 bits per heavy atom. The number of carbonyl (C=O) groups is 1. The number of nitrogens with one attached hydrogen (secondary N) is 1. The van der Waals surface area contributed by atoms with Crippen LogP contribution in [0.1, 0.15) is 15.9 Å². The van der Waals surface area contributed by atoms with Crippen LogP contribution in [0.15, 0.2) is 54.7 Å². The third-order valence-electron chi connectivity index (χ3n) is 4.04. The van der Waals surface area contributed by atoms with E-state index in [1.54, 1.807) is 26.5 Å². The fourth-order valence-corrected chi connectivity index (χ4v) is 2.75. The number of amides is 1. The van der Waals surface area contributed by atoms with Crippen molar-refractivity contribution < 1.29 is 14.3 Å². The molecule has 5 nitrogen and oxygen atoms in total. The van der Waals surface area contributed by atoms with Gasteiger partial charge < -0.3 is 14.8 Å². The molecule has 0 saturated heterocycles. The van der Waals surface area contributed by atoms with E-state index in [1.165, 1.54) is 0 Å². The highest BCUT2D eigenvalue weighted by Gasteiger charge is 2.10. The summed E-state index contributed by atoms with van der Waals surface area (Å²) in [5, 5.41) is 3.82. The minimum absolute atomic E-state index is 0.0981. The Morgan fingerprint density at radius 1 is 1.04 bits per heavy atom. The summed E-state index contributed by atoms with van der Waals surface area (Å²) < 4.78 is 10.5. The molecule has 0 unspecified atom stereocenters. The molecule has 5 heteroatoms. The van der Waals surface area contributed by atoms with Gasteiger partial charge in [-0.1, -0.05) is 24.3 Å². The van der Waals surface area contributed by atoms with Gasteiger partial charge in [-0.2, -0.15) is 0 Å². The summed E-state index contributed by atoms with van der Waals surface area (Å²) in [5.41, 5.74) is 2.52. The molecule has 0 spiro atoms. The van der Waals surface area contributed by atoms with Crippen LogP contribution in [0.5, 0.6) is 11.5 Å². The Hall–Kier alpha value is -3.08. The summed E-state index contributed by atoms with van der Waals surface area (Å²) in [6.07, 6.45) is 2.36. The minimum atomic E-state index is -0.0981. The second-order valence-corrected chi connectivity index (χ2v) is 5.57. The van der Waals surface area contributed by atoms with Gasteiger partial charge >= 0.3 is 0 Å². The first-order chi connectivity index (χ1) is 12.2. The fourth-order valence-electron chi connectivity index (χ4n) is 2.75. The number of para-hydroxylation sites is 1. The molecule has 0 atom stereocenters. The van der Waals surface area contributed by atoms with Crippen LogP contribution in [0, 0.1) is 0 Å². The molecule has 3 aromatic rings. The summed E-state index contributed by atoms with van der Waals surface area (Å²) in [6, 6.07) is 15.1. The zero-order valence-electron chi connectivity index (χ0n) is 14.3. The number of benzene rings is 2. The summed E-state index contributed by atoms with van der Waals surface area (Å²) >= 11 is 0. The van der Waals surface area contributed by atoms with Crippen molar-refractivity contribution in [3.8, 4) is 11.5 Å². The Kier molecular flexibility index (Phi) is 5.14. The van der Waals surface area contributed by atoms with E-state index in [-0.39, 0.29) is 5.91 Å². The first-order valence-electron chi connectivity index (χ1n) is 8.06. The molecule has 0 aliphatic rings.